The lowest BCUT2D eigenvalue weighted by Crippen LogP contribution is -2.17. The van der Waals surface area contributed by atoms with Crippen molar-refractivity contribution in [2.45, 2.75) is 0 Å². The van der Waals surface area contributed by atoms with Crippen LogP contribution in [0, 0.1) is 0 Å². The van der Waals surface area contributed by atoms with Gasteiger partial charge in [0.1, 0.15) is 6.20 Å². The van der Waals surface area contributed by atoms with Gasteiger partial charge in [-0.1, -0.05) is 36.4 Å². The minimum absolute atomic E-state index is 1.20. The fourth-order valence-corrected chi connectivity index (χ4v) is 2.06. The zero-order valence-electron chi connectivity index (χ0n) is 9.17. The highest BCUT2D eigenvalue weighted by Gasteiger charge is 2.14. The Labute approximate surface area is 94.4 Å². The van der Waals surface area contributed by atoms with E-state index < -0.39 is 0 Å². The highest BCUT2D eigenvalue weighted by atomic mass is 15.1. The fourth-order valence-electron chi connectivity index (χ4n) is 2.06. The standard InChI is InChI=1S/C14H13N2/c1-15-13(12-7-3-2-4-8-12)11-16-10-6-5-9-14(15)16/h2-11H,1H3/q+1. The Hall–Kier alpha value is -2.09. The Balaban J connectivity index is 2.29. The number of hydrogen-bond acceptors (Lipinski definition) is 0. The molecule has 0 radical (unpaired) electrons. The van der Waals surface area contributed by atoms with Gasteiger partial charge in [-0.25, -0.2) is 8.97 Å². The molecule has 0 aliphatic heterocycles. The minimum atomic E-state index is 1.20. The summed E-state index contributed by atoms with van der Waals surface area (Å²) in [4.78, 5) is 0. The number of aromatic nitrogens is 2. The van der Waals surface area contributed by atoms with Gasteiger partial charge in [-0.3, -0.25) is 0 Å². The lowest BCUT2D eigenvalue weighted by molar-refractivity contribution is -0.510. The second kappa shape index (κ2) is 3.49. The molecule has 0 bridgehead atoms. The highest BCUT2D eigenvalue weighted by Crippen LogP contribution is 2.18. The maximum absolute atomic E-state index is 2.20. The molecule has 0 spiro atoms. The summed E-state index contributed by atoms with van der Waals surface area (Å²) in [6.45, 7) is 0. The summed E-state index contributed by atoms with van der Waals surface area (Å²) < 4.78 is 4.34. The van der Waals surface area contributed by atoms with E-state index in [1.165, 1.54) is 16.9 Å². The molecule has 3 rings (SSSR count). The third kappa shape index (κ3) is 1.31. The molecule has 2 heteroatoms. The molecule has 0 unspecified atom stereocenters. The molecular weight excluding hydrogens is 196 g/mol. The number of imidazole rings is 1. The van der Waals surface area contributed by atoms with Crippen LogP contribution in [0.1, 0.15) is 0 Å². The molecule has 2 heterocycles. The molecule has 0 saturated heterocycles. The molecule has 3 aromatic rings. The van der Waals surface area contributed by atoms with Gasteiger partial charge in [-0.15, -0.1) is 0 Å². The van der Waals surface area contributed by atoms with Gasteiger partial charge in [-0.2, -0.15) is 0 Å². The van der Waals surface area contributed by atoms with E-state index in [4.69, 9.17) is 0 Å². The SMILES string of the molecule is Cn1c(-c2ccccc2)c[n+]2ccccc12. The molecule has 0 aliphatic carbocycles. The zero-order valence-corrected chi connectivity index (χ0v) is 9.17. The molecule has 0 aliphatic rings. The average Bonchev–Trinajstić information content (AvgIpc) is 2.69. The first kappa shape index (κ1) is 9.16. The van der Waals surface area contributed by atoms with Crippen molar-refractivity contribution < 1.29 is 4.40 Å². The molecule has 0 N–H and O–H groups in total. The number of pyridine rings is 1. The maximum atomic E-state index is 2.20. The second-order valence-corrected chi connectivity index (χ2v) is 3.91. The number of nitrogens with zero attached hydrogens (tertiary/aromatic N) is 2. The van der Waals surface area contributed by atoms with E-state index in [-0.39, 0.29) is 0 Å². The molecular formula is C14H13N2+. The summed E-state index contributed by atoms with van der Waals surface area (Å²) in [6.07, 6.45) is 4.23. The number of benzene rings is 1. The third-order valence-electron chi connectivity index (χ3n) is 2.90. The highest BCUT2D eigenvalue weighted by molar-refractivity contribution is 5.60. The average molecular weight is 209 g/mol. The number of fused-ring (bicyclic) bond motifs is 1. The van der Waals surface area contributed by atoms with Gasteiger partial charge in [-0.05, 0) is 6.07 Å². The van der Waals surface area contributed by atoms with Gasteiger partial charge in [0.2, 0.25) is 0 Å². The van der Waals surface area contributed by atoms with E-state index in [9.17, 15) is 0 Å². The summed E-state index contributed by atoms with van der Waals surface area (Å²) in [5.74, 6) is 0. The van der Waals surface area contributed by atoms with Crippen molar-refractivity contribution in [2.24, 2.45) is 7.05 Å². The van der Waals surface area contributed by atoms with Gasteiger partial charge in [0.15, 0.2) is 5.69 Å². The predicted molar refractivity (Wildman–Crippen MR) is 64.0 cm³/mol. The van der Waals surface area contributed by atoms with Crippen molar-refractivity contribution in [1.82, 2.24) is 4.57 Å². The van der Waals surface area contributed by atoms with E-state index in [1.54, 1.807) is 0 Å². The van der Waals surface area contributed by atoms with Crippen molar-refractivity contribution in [2.75, 3.05) is 0 Å². The fraction of sp³-hybridized carbons (Fsp3) is 0.0714. The molecule has 78 valence electrons. The first-order chi connectivity index (χ1) is 7.86. The van der Waals surface area contributed by atoms with E-state index in [1.807, 2.05) is 12.1 Å². The Morgan fingerprint density at radius 1 is 0.938 bits per heavy atom. The van der Waals surface area contributed by atoms with Crippen molar-refractivity contribution in [3.05, 3.63) is 60.9 Å². The van der Waals surface area contributed by atoms with Crippen LogP contribution in [0.2, 0.25) is 0 Å². The van der Waals surface area contributed by atoms with Crippen LogP contribution in [0.4, 0.5) is 0 Å². The molecule has 0 saturated carbocycles. The lowest BCUT2D eigenvalue weighted by atomic mass is 10.2. The van der Waals surface area contributed by atoms with Crippen molar-refractivity contribution >= 4 is 5.65 Å². The summed E-state index contributed by atoms with van der Waals surface area (Å²) in [6, 6.07) is 16.7. The Bertz CT molecular complexity index is 624. The largest absolute Gasteiger partial charge is 0.286 e. The Kier molecular flexibility index (Phi) is 2.00. The van der Waals surface area contributed by atoms with Crippen molar-refractivity contribution in [1.29, 1.82) is 0 Å². The van der Waals surface area contributed by atoms with Crippen LogP contribution in [-0.4, -0.2) is 4.57 Å². The van der Waals surface area contributed by atoms with Gasteiger partial charge >= 0.3 is 0 Å². The summed E-state index contributed by atoms with van der Waals surface area (Å²) in [5, 5.41) is 0. The Morgan fingerprint density at radius 3 is 2.44 bits per heavy atom. The van der Waals surface area contributed by atoms with Crippen LogP contribution >= 0.6 is 0 Å². The van der Waals surface area contributed by atoms with Crippen molar-refractivity contribution in [3.63, 3.8) is 0 Å². The molecule has 1 aromatic carbocycles. The molecule has 2 nitrogen and oxygen atoms in total. The first-order valence-electron chi connectivity index (χ1n) is 5.37. The normalized spacial score (nSPS) is 10.8. The van der Waals surface area contributed by atoms with E-state index in [0.717, 1.165) is 0 Å². The molecule has 16 heavy (non-hydrogen) atoms. The lowest BCUT2D eigenvalue weighted by Gasteiger charge is -1.95. The van der Waals surface area contributed by atoms with Crippen LogP contribution < -0.4 is 4.40 Å². The number of rotatable bonds is 1. The van der Waals surface area contributed by atoms with E-state index in [2.05, 4.69) is 64.8 Å². The molecule has 0 fully saturated rings. The summed E-state index contributed by atoms with van der Waals surface area (Å²) in [7, 11) is 2.09. The topological polar surface area (TPSA) is 9.03 Å². The Morgan fingerprint density at radius 2 is 1.69 bits per heavy atom. The second-order valence-electron chi connectivity index (χ2n) is 3.91. The predicted octanol–water partition coefficient (Wildman–Crippen LogP) is 2.43. The zero-order chi connectivity index (χ0) is 11.0. The molecule has 0 atom stereocenters. The minimum Gasteiger partial charge on any atom is -0.226 e. The maximum Gasteiger partial charge on any atom is 0.286 e. The van der Waals surface area contributed by atoms with Crippen LogP contribution in [-0.2, 0) is 7.05 Å². The van der Waals surface area contributed by atoms with Gasteiger partial charge in [0.25, 0.3) is 5.65 Å². The van der Waals surface area contributed by atoms with E-state index >= 15 is 0 Å². The monoisotopic (exact) mass is 209 g/mol. The number of aryl methyl sites for hydroxylation is 1. The van der Waals surface area contributed by atoms with E-state index in [0.29, 0.717) is 0 Å². The van der Waals surface area contributed by atoms with Crippen LogP contribution in [0.5, 0.6) is 0 Å². The quantitative estimate of drug-likeness (QED) is 0.544. The molecule has 0 amide bonds. The molecule has 2 aromatic heterocycles. The van der Waals surface area contributed by atoms with Crippen LogP contribution in [0.3, 0.4) is 0 Å². The smallest absolute Gasteiger partial charge is 0.226 e. The van der Waals surface area contributed by atoms with Crippen LogP contribution in [0.25, 0.3) is 16.9 Å². The van der Waals surface area contributed by atoms with Crippen molar-refractivity contribution in [3.8, 4) is 11.3 Å². The van der Waals surface area contributed by atoms with Gasteiger partial charge in [0.05, 0.1) is 13.2 Å². The van der Waals surface area contributed by atoms with Crippen LogP contribution in [0.15, 0.2) is 60.9 Å². The first-order valence-corrected chi connectivity index (χ1v) is 5.37. The third-order valence-corrected chi connectivity index (χ3v) is 2.90. The van der Waals surface area contributed by atoms with Gasteiger partial charge < -0.3 is 0 Å². The summed E-state index contributed by atoms with van der Waals surface area (Å²) >= 11 is 0. The summed E-state index contributed by atoms with van der Waals surface area (Å²) in [5.41, 5.74) is 3.67. The van der Waals surface area contributed by atoms with Gasteiger partial charge in [0, 0.05) is 11.6 Å². The number of hydrogen-bond donors (Lipinski definition) is 0.